The minimum Gasteiger partial charge on any atom is -0.493 e. The number of anilines is 2. The van der Waals surface area contributed by atoms with Gasteiger partial charge in [-0.05, 0) is 76.1 Å². The molecule has 5 aromatic rings. The molecule has 0 bridgehead atoms. The van der Waals surface area contributed by atoms with Crippen LogP contribution in [0.2, 0.25) is 10.0 Å². The molecule has 0 aliphatic carbocycles. The number of benzene rings is 4. The van der Waals surface area contributed by atoms with Gasteiger partial charge in [-0.25, -0.2) is 10.4 Å². The predicted molar refractivity (Wildman–Crippen MR) is 174 cm³/mol. The van der Waals surface area contributed by atoms with Crippen molar-refractivity contribution in [2.75, 3.05) is 12.4 Å². The first-order valence-electron chi connectivity index (χ1n) is 12.6. The van der Waals surface area contributed by atoms with Crippen LogP contribution in [0.4, 0.5) is 10.8 Å². The standard InChI is InChI=1S/C31H23BrCl2N4O3S/c1-40-28-15-19(14-25(32)29(28)41-17-22-4-2-3-5-26(22)34)16-35-38-30(39)21-8-6-20(7-9-21)27-18-42-31(37-27)36-24-12-10-23(33)11-13-24/h2-16,18H,17H2,1H3,(H,36,37)(H,38,39)/b35-16-. The number of nitrogens with one attached hydrogen (secondary N) is 2. The first kappa shape index (κ1) is 29.6. The van der Waals surface area contributed by atoms with Crippen LogP contribution < -0.4 is 20.2 Å². The Morgan fingerprint density at radius 2 is 1.81 bits per heavy atom. The second kappa shape index (κ2) is 13.8. The van der Waals surface area contributed by atoms with Crippen LogP contribution in [0.3, 0.4) is 0 Å². The van der Waals surface area contributed by atoms with Crippen molar-refractivity contribution in [1.29, 1.82) is 0 Å². The summed E-state index contributed by atoms with van der Waals surface area (Å²) in [5, 5.41) is 11.4. The van der Waals surface area contributed by atoms with Crippen LogP contribution in [0, 0.1) is 0 Å². The number of hydrazone groups is 1. The Morgan fingerprint density at radius 1 is 1.05 bits per heavy atom. The molecule has 0 aliphatic heterocycles. The van der Waals surface area contributed by atoms with Crippen molar-refractivity contribution in [2.45, 2.75) is 6.61 Å². The molecule has 42 heavy (non-hydrogen) atoms. The molecule has 11 heteroatoms. The van der Waals surface area contributed by atoms with Crippen LogP contribution in [-0.2, 0) is 6.61 Å². The fourth-order valence-corrected chi connectivity index (χ4v) is 5.49. The van der Waals surface area contributed by atoms with Gasteiger partial charge in [0.15, 0.2) is 16.6 Å². The molecule has 5 rings (SSSR count). The third-order valence-electron chi connectivity index (χ3n) is 6.00. The van der Waals surface area contributed by atoms with E-state index in [2.05, 4.69) is 36.8 Å². The van der Waals surface area contributed by atoms with E-state index in [-0.39, 0.29) is 12.5 Å². The molecule has 1 amide bonds. The average molecular weight is 682 g/mol. The van der Waals surface area contributed by atoms with E-state index in [1.54, 1.807) is 25.3 Å². The van der Waals surface area contributed by atoms with Crippen molar-refractivity contribution in [1.82, 2.24) is 10.4 Å². The smallest absolute Gasteiger partial charge is 0.271 e. The highest BCUT2D eigenvalue weighted by Crippen LogP contribution is 2.37. The van der Waals surface area contributed by atoms with Gasteiger partial charge in [-0.2, -0.15) is 5.10 Å². The highest BCUT2D eigenvalue weighted by Gasteiger charge is 2.13. The number of ether oxygens (including phenoxy) is 2. The fraction of sp³-hybridized carbons (Fsp3) is 0.0645. The lowest BCUT2D eigenvalue weighted by atomic mass is 10.1. The maximum atomic E-state index is 12.7. The van der Waals surface area contributed by atoms with Gasteiger partial charge >= 0.3 is 0 Å². The van der Waals surface area contributed by atoms with Crippen molar-refractivity contribution in [3.8, 4) is 22.8 Å². The third kappa shape index (κ3) is 7.49. The summed E-state index contributed by atoms with van der Waals surface area (Å²) in [6.07, 6.45) is 1.53. The van der Waals surface area contributed by atoms with Crippen LogP contribution >= 0.6 is 50.5 Å². The number of halogens is 3. The maximum absolute atomic E-state index is 12.7. The first-order valence-corrected chi connectivity index (χ1v) is 15.0. The molecule has 0 aliphatic rings. The van der Waals surface area contributed by atoms with Crippen molar-refractivity contribution in [3.05, 3.63) is 122 Å². The highest BCUT2D eigenvalue weighted by atomic mass is 79.9. The summed E-state index contributed by atoms with van der Waals surface area (Å²) in [5.74, 6) is 0.701. The molecule has 0 radical (unpaired) electrons. The summed E-state index contributed by atoms with van der Waals surface area (Å²) in [4.78, 5) is 17.3. The van der Waals surface area contributed by atoms with Gasteiger partial charge < -0.3 is 14.8 Å². The first-order chi connectivity index (χ1) is 20.4. The number of rotatable bonds is 10. The molecule has 7 nitrogen and oxygen atoms in total. The average Bonchev–Trinajstić information content (AvgIpc) is 3.47. The summed E-state index contributed by atoms with van der Waals surface area (Å²) < 4.78 is 12.2. The molecule has 1 heterocycles. The molecule has 2 N–H and O–H groups in total. The Kier molecular flexibility index (Phi) is 9.76. The monoisotopic (exact) mass is 680 g/mol. The lowest BCUT2D eigenvalue weighted by Crippen LogP contribution is -2.17. The molecule has 0 unspecified atom stereocenters. The number of carbonyl (C=O) groups is 1. The number of nitrogens with zero attached hydrogens (tertiary/aromatic N) is 2. The molecular weight excluding hydrogens is 659 g/mol. The van der Waals surface area contributed by atoms with Gasteiger partial charge in [-0.3, -0.25) is 4.79 Å². The van der Waals surface area contributed by atoms with Gasteiger partial charge in [0.25, 0.3) is 5.91 Å². The van der Waals surface area contributed by atoms with E-state index in [1.165, 1.54) is 17.6 Å². The highest BCUT2D eigenvalue weighted by molar-refractivity contribution is 9.10. The number of hydrogen-bond acceptors (Lipinski definition) is 7. The summed E-state index contributed by atoms with van der Waals surface area (Å²) in [5.41, 5.74) is 7.18. The fourth-order valence-electron chi connectivity index (χ4n) is 3.86. The zero-order chi connectivity index (χ0) is 29.5. The second-order valence-electron chi connectivity index (χ2n) is 8.86. The van der Waals surface area contributed by atoms with E-state index >= 15 is 0 Å². The molecular formula is C31H23BrCl2N4O3S. The molecule has 0 atom stereocenters. The molecule has 212 valence electrons. The topological polar surface area (TPSA) is 84.8 Å². The summed E-state index contributed by atoms with van der Waals surface area (Å²) in [6.45, 7) is 0.279. The Morgan fingerprint density at radius 3 is 2.55 bits per heavy atom. The van der Waals surface area contributed by atoms with E-state index < -0.39 is 0 Å². The number of carbonyl (C=O) groups excluding carboxylic acids is 1. The van der Waals surface area contributed by atoms with Crippen LogP contribution in [0.15, 0.2) is 99.9 Å². The normalized spacial score (nSPS) is 11.0. The summed E-state index contributed by atoms with van der Waals surface area (Å²) in [6, 6.07) is 25.6. The van der Waals surface area contributed by atoms with Gasteiger partial charge in [-0.15, -0.1) is 11.3 Å². The van der Waals surface area contributed by atoms with Gasteiger partial charge in [0.05, 0.1) is 23.5 Å². The molecule has 0 spiro atoms. The molecule has 4 aromatic carbocycles. The van der Waals surface area contributed by atoms with Crippen molar-refractivity contribution in [2.24, 2.45) is 5.10 Å². The molecule has 0 saturated carbocycles. The molecule has 1 aromatic heterocycles. The largest absolute Gasteiger partial charge is 0.493 e. The van der Waals surface area contributed by atoms with E-state index in [4.69, 9.17) is 32.7 Å². The number of aromatic nitrogens is 1. The molecule has 0 saturated heterocycles. The summed E-state index contributed by atoms with van der Waals surface area (Å²) >= 11 is 17.2. The number of methoxy groups -OCH3 is 1. The number of thiazole rings is 1. The van der Waals surface area contributed by atoms with Crippen LogP contribution in [0.25, 0.3) is 11.3 Å². The second-order valence-corrected chi connectivity index (χ2v) is 11.4. The van der Waals surface area contributed by atoms with E-state index in [1.807, 2.05) is 72.1 Å². The third-order valence-corrected chi connectivity index (χ3v) is 7.97. The minimum atomic E-state index is -0.341. The zero-order valence-corrected chi connectivity index (χ0v) is 26.0. The Balaban J connectivity index is 1.19. The Hall–Kier alpha value is -3.89. The Labute approximate surface area is 265 Å². The maximum Gasteiger partial charge on any atom is 0.271 e. The zero-order valence-electron chi connectivity index (χ0n) is 22.1. The van der Waals surface area contributed by atoms with Crippen molar-refractivity contribution in [3.63, 3.8) is 0 Å². The van der Waals surface area contributed by atoms with E-state index in [0.29, 0.717) is 37.1 Å². The predicted octanol–water partition coefficient (Wildman–Crippen LogP) is 8.97. The molecule has 0 fully saturated rings. The Bertz CT molecular complexity index is 1730. The quantitative estimate of drug-likeness (QED) is 0.114. The van der Waals surface area contributed by atoms with Crippen LogP contribution in [-0.4, -0.2) is 24.2 Å². The lowest BCUT2D eigenvalue weighted by Gasteiger charge is -2.14. The SMILES string of the molecule is COc1cc(/C=N\NC(=O)c2ccc(-c3csc(Nc4ccc(Cl)cc4)n3)cc2)cc(Br)c1OCc1ccccc1Cl. The van der Waals surface area contributed by atoms with Crippen molar-refractivity contribution < 1.29 is 14.3 Å². The van der Waals surface area contributed by atoms with E-state index in [9.17, 15) is 4.79 Å². The minimum absolute atomic E-state index is 0.279. The van der Waals surface area contributed by atoms with Crippen molar-refractivity contribution >= 4 is 73.4 Å². The van der Waals surface area contributed by atoms with E-state index in [0.717, 1.165) is 27.6 Å². The van der Waals surface area contributed by atoms with Crippen LogP contribution in [0.1, 0.15) is 21.5 Å². The van der Waals surface area contributed by atoms with Gasteiger partial charge in [0.2, 0.25) is 0 Å². The van der Waals surface area contributed by atoms with Crippen LogP contribution in [0.5, 0.6) is 11.5 Å². The number of hydrogen-bond donors (Lipinski definition) is 2. The van der Waals surface area contributed by atoms with Gasteiger partial charge in [-0.1, -0.05) is 53.5 Å². The lowest BCUT2D eigenvalue weighted by molar-refractivity contribution is 0.0955. The number of amides is 1. The van der Waals surface area contributed by atoms with Gasteiger partial charge in [0.1, 0.15) is 6.61 Å². The van der Waals surface area contributed by atoms with Gasteiger partial charge in [0, 0.05) is 37.8 Å². The summed E-state index contributed by atoms with van der Waals surface area (Å²) in [7, 11) is 1.55.